The Labute approximate surface area is 377 Å². The molecule has 0 aromatic rings. The molecule has 0 aromatic heterocycles. The quantitative estimate of drug-likeness (QED) is 0.0957. The van der Waals surface area contributed by atoms with E-state index in [4.69, 9.17) is 42.6 Å². The molecule has 6 bridgehead atoms. The molecule has 0 aromatic carbocycles. The van der Waals surface area contributed by atoms with Crippen LogP contribution in [0.5, 0.6) is 0 Å². The number of allylic oxidation sites excluding steroid dienone is 3. The van der Waals surface area contributed by atoms with E-state index in [1.807, 2.05) is 26.8 Å². The van der Waals surface area contributed by atoms with Crippen molar-refractivity contribution >= 4 is 29.8 Å². The molecule has 0 spiro atoms. The number of hydrogen-bond acceptors (Lipinski definition) is 17. The van der Waals surface area contributed by atoms with E-state index in [9.17, 15) is 34.2 Å². The summed E-state index contributed by atoms with van der Waals surface area (Å²) in [5.41, 5.74) is -2.21. The van der Waals surface area contributed by atoms with Crippen LogP contribution in [0.3, 0.4) is 0 Å². The van der Waals surface area contributed by atoms with Crippen LogP contribution in [0.2, 0.25) is 0 Å². The van der Waals surface area contributed by atoms with Gasteiger partial charge in [0.15, 0.2) is 11.9 Å². The van der Waals surface area contributed by atoms with Crippen molar-refractivity contribution in [2.75, 3.05) is 41.5 Å². The number of carbonyl (C=O) groups is 5. The molecule has 4 aliphatic rings. The van der Waals surface area contributed by atoms with E-state index in [1.165, 1.54) is 33.3 Å². The third-order valence-corrected chi connectivity index (χ3v) is 12.4. The fourth-order valence-corrected chi connectivity index (χ4v) is 8.80. The molecule has 4 rings (SSSR count). The Kier molecular flexibility index (Phi) is 18.9. The van der Waals surface area contributed by atoms with Gasteiger partial charge in [0.05, 0.1) is 62.6 Å². The maximum atomic E-state index is 13.4. The third kappa shape index (κ3) is 13.8. The van der Waals surface area contributed by atoms with Gasteiger partial charge < -0.3 is 52.8 Å². The van der Waals surface area contributed by atoms with Crippen LogP contribution in [0.4, 0.5) is 0 Å². The average molecular weight is 906 g/mol. The highest BCUT2D eigenvalue weighted by Gasteiger charge is 2.60. The molecule has 2 N–H and O–H groups in total. The fourth-order valence-electron chi connectivity index (χ4n) is 8.80. The maximum Gasteiger partial charge on any atom is 0.331 e. The molecule has 17 nitrogen and oxygen atoms in total. The summed E-state index contributed by atoms with van der Waals surface area (Å²) in [4.78, 5) is 66.6. The summed E-state index contributed by atoms with van der Waals surface area (Å²) < 4.78 is 54.6. The first-order valence-corrected chi connectivity index (χ1v) is 22.2. The number of hydrogen-bond donors (Lipinski definition) is 2. The summed E-state index contributed by atoms with van der Waals surface area (Å²) in [5, 5.41) is 24.1. The van der Waals surface area contributed by atoms with Gasteiger partial charge >= 0.3 is 29.8 Å². The number of aliphatic hydroxyl groups excluding tert-OH is 1. The average Bonchev–Trinajstić information content (AvgIpc) is 3.19. The van der Waals surface area contributed by atoms with Crippen molar-refractivity contribution in [1.29, 1.82) is 0 Å². The first kappa shape index (κ1) is 52.7. The zero-order chi connectivity index (χ0) is 47.5. The van der Waals surface area contributed by atoms with Crippen molar-refractivity contribution in [3.63, 3.8) is 0 Å². The number of nitrogens with zero attached hydrogens (tertiary/aromatic N) is 1. The molecule has 17 heteroatoms. The van der Waals surface area contributed by atoms with E-state index < -0.39 is 108 Å². The molecular formula is C47H71NO16. The minimum atomic E-state index is -2.35. The molecule has 3 fully saturated rings. The van der Waals surface area contributed by atoms with Crippen molar-refractivity contribution in [3.8, 4) is 0 Å². The number of ether oxygens (including phenoxy) is 9. The van der Waals surface area contributed by atoms with Gasteiger partial charge in [0.1, 0.15) is 12.2 Å². The van der Waals surface area contributed by atoms with Crippen molar-refractivity contribution in [2.45, 2.75) is 166 Å². The van der Waals surface area contributed by atoms with Gasteiger partial charge in [-0.3, -0.25) is 19.3 Å². The number of fused-ring (bicyclic) bond motifs is 6. The maximum absolute atomic E-state index is 13.4. The Hall–Kier alpha value is -3.97. The van der Waals surface area contributed by atoms with Crippen molar-refractivity contribution in [2.24, 2.45) is 10.8 Å². The number of cyclic esters (lactones) is 1. The zero-order valence-corrected chi connectivity index (χ0v) is 39.2. The first-order valence-electron chi connectivity index (χ1n) is 22.2. The fraction of sp³-hybridized carbons (Fsp3) is 0.723. The van der Waals surface area contributed by atoms with Gasteiger partial charge in [0.25, 0.3) is 0 Å². The van der Waals surface area contributed by atoms with Crippen LogP contribution in [0.25, 0.3) is 0 Å². The number of esters is 5. The minimum absolute atomic E-state index is 0.0109. The summed E-state index contributed by atoms with van der Waals surface area (Å²) >= 11 is 0. The molecule has 4 aliphatic heterocycles. The second kappa shape index (κ2) is 23.0. The number of aliphatic hydroxyl groups is 2. The van der Waals surface area contributed by atoms with Crippen molar-refractivity contribution in [3.05, 3.63) is 48.1 Å². The second-order valence-electron chi connectivity index (χ2n) is 18.5. The predicted molar refractivity (Wildman–Crippen MR) is 231 cm³/mol. The summed E-state index contributed by atoms with van der Waals surface area (Å²) in [6.07, 6.45) is 5.78. The van der Waals surface area contributed by atoms with Crippen LogP contribution >= 0.6 is 0 Å². The monoisotopic (exact) mass is 905 g/mol. The molecular weight excluding hydrogens is 835 g/mol. The molecule has 1 unspecified atom stereocenters. The largest absolute Gasteiger partial charge is 0.466 e. The highest BCUT2D eigenvalue weighted by atomic mass is 16.7. The number of unbranched alkanes of at least 4 members (excludes halogenated alkanes) is 1. The lowest BCUT2D eigenvalue weighted by Crippen LogP contribution is -2.63. The second-order valence-corrected chi connectivity index (χ2v) is 18.5. The lowest BCUT2D eigenvalue weighted by atomic mass is 9.70. The highest BCUT2D eigenvalue weighted by molar-refractivity contribution is 5.84. The summed E-state index contributed by atoms with van der Waals surface area (Å²) in [7, 11) is 6.18. The molecule has 0 saturated carbocycles. The van der Waals surface area contributed by atoms with Gasteiger partial charge in [-0.05, 0) is 32.5 Å². The van der Waals surface area contributed by atoms with Crippen molar-refractivity contribution in [1.82, 2.24) is 4.90 Å². The third-order valence-electron chi connectivity index (χ3n) is 12.4. The van der Waals surface area contributed by atoms with Gasteiger partial charge in [-0.15, -0.1) is 0 Å². The predicted octanol–water partition coefficient (Wildman–Crippen LogP) is 4.56. The lowest BCUT2D eigenvalue weighted by Gasteiger charge is -2.55. The number of likely N-dealkylation sites (N-methyl/N-ethyl adjacent to an activating group) is 1. The van der Waals surface area contributed by atoms with E-state index in [1.54, 1.807) is 51.1 Å². The Morgan fingerprint density at radius 3 is 2.31 bits per heavy atom. The normalized spacial score (nSPS) is 34.7. The Morgan fingerprint density at radius 1 is 0.922 bits per heavy atom. The molecule has 3 saturated heterocycles. The number of carbonyl (C=O) groups excluding carboxylic acids is 5. The van der Waals surface area contributed by atoms with Crippen LogP contribution in [0.1, 0.15) is 106 Å². The van der Waals surface area contributed by atoms with E-state index >= 15 is 0 Å². The molecule has 0 radical (unpaired) electrons. The molecule has 360 valence electrons. The molecule has 64 heavy (non-hydrogen) atoms. The van der Waals surface area contributed by atoms with Crippen LogP contribution in [0.15, 0.2) is 48.1 Å². The van der Waals surface area contributed by atoms with Gasteiger partial charge in [-0.2, -0.15) is 0 Å². The highest BCUT2D eigenvalue weighted by Crippen LogP contribution is 2.51. The first-order chi connectivity index (χ1) is 30.1. The van der Waals surface area contributed by atoms with Gasteiger partial charge in [-0.25, -0.2) is 9.59 Å². The Bertz CT molecular complexity index is 1750. The summed E-state index contributed by atoms with van der Waals surface area (Å²) in [6.45, 7) is 10.2. The standard InChI is InChI=1S/C47H71NO16/c1-11-12-13-14-15-16-39(51)62-43-31(22-40(52)56-9)21-34-18-20-58-41(53)24-32(50)23-36-27-38(59-30(2)49)45(5,6)46(57-10,63-36)28-37-26-35(61-42(54)29-48(7)8)25-33(60-37)17-19-44(3,4)47(43,55)64-34/h13-17,19,22,32-38,43,50,55H,11-12,18,20-21,23-29H2,1-10H3/b14-13+,16-15+,19-17+,31-22+/t32-,33+,34-,35-,36-,37+,38+,43?,46+,47-/m1/s1. The van der Waals surface area contributed by atoms with E-state index in [2.05, 4.69) is 0 Å². The number of methoxy groups -OCH3 is 2. The lowest BCUT2D eigenvalue weighted by molar-refractivity contribution is -0.359. The summed E-state index contributed by atoms with van der Waals surface area (Å²) in [6, 6.07) is 0. The molecule has 0 amide bonds. The van der Waals surface area contributed by atoms with E-state index in [-0.39, 0.29) is 63.7 Å². The summed E-state index contributed by atoms with van der Waals surface area (Å²) in [5.74, 6) is -7.07. The van der Waals surface area contributed by atoms with Crippen LogP contribution in [-0.2, 0) is 66.6 Å². The van der Waals surface area contributed by atoms with Crippen molar-refractivity contribution < 1.29 is 76.8 Å². The zero-order valence-electron chi connectivity index (χ0n) is 39.2. The van der Waals surface area contributed by atoms with E-state index in [0.717, 1.165) is 18.9 Å². The van der Waals surface area contributed by atoms with Crippen LogP contribution in [0, 0.1) is 10.8 Å². The van der Waals surface area contributed by atoms with Gasteiger partial charge in [0.2, 0.25) is 5.79 Å². The van der Waals surface area contributed by atoms with Crippen LogP contribution < -0.4 is 0 Å². The number of rotatable bonds is 11. The molecule has 0 aliphatic carbocycles. The molecule has 10 atom stereocenters. The minimum Gasteiger partial charge on any atom is -0.466 e. The Balaban J connectivity index is 1.84. The SMILES string of the molecule is CCC/C=C/C=C/C(=O)OC1/C(=C/C(=O)OC)C[C@H]2CCOC(=O)C[C@H](O)C[C@@H]3C[C@H](OC(C)=O)C(C)(C)[C@](OC)(C[C@@H]4C[C@H](OC(=O)CN(C)C)C[C@H](/C=C/C(C)(C)[C@]1(O)O2)O4)O3. The Morgan fingerprint density at radius 2 is 1.66 bits per heavy atom. The smallest absolute Gasteiger partial charge is 0.331 e. The van der Waals surface area contributed by atoms with Crippen LogP contribution in [-0.4, -0.2) is 147 Å². The van der Waals surface area contributed by atoms with Gasteiger partial charge in [-0.1, -0.05) is 71.4 Å². The topological polar surface area (TPSA) is 212 Å². The molecule has 4 heterocycles. The van der Waals surface area contributed by atoms with E-state index in [0.29, 0.717) is 0 Å². The van der Waals surface area contributed by atoms with Gasteiger partial charge in [0, 0.05) is 70.1 Å².